The molecule has 0 saturated heterocycles. The van der Waals surface area contributed by atoms with Gasteiger partial charge in [0.15, 0.2) is 5.76 Å². The number of phenolic OH excluding ortho intramolecular Hbond substituents is 1. The van der Waals surface area contributed by atoms with E-state index in [9.17, 15) is 19.8 Å². The van der Waals surface area contributed by atoms with Crippen molar-refractivity contribution in [3.8, 4) is 16.9 Å². The first kappa shape index (κ1) is 26.1. The Morgan fingerprint density at radius 2 is 1.62 bits per heavy atom. The summed E-state index contributed by atoms with van der Waals surface area (Å²) >= 11 is 6.01. The zero-order chi connectivity index (χ0) is 27.5. The fourth-order valence-corrected chi connectivity index (χ4v) is 4.82. The fraction of sp³-hybridized carbons (Fsp3) is 0.125. The minimum absolute atomic E-state index is 0.0451. The number of hydrogen-bond donors (Lipinski definition) is 3. The number of carbonyl (C=O) groups excluding carboxylic acids is 1. The maximum absolute atomic E-state index is 13.2. The minimum atomic E-state index is -1.20. The molecular weight excluding hydrogens is 514 g/mol. The molecule has 1 amide bonds. The number of carboxylic acid groups (broad SMARTS) is 1. The van der Waals surface area contributed by atoms with Gasteiger partial charge in [0.05, 0.1) is 0 Å². The van der Waals surface area contributed by atoms with Gasteiger partial charge < -0.3 is 19.9 Å². The molecule has 0 aliphatic heterocycles. The SMILES string of the molecule is Cc1c(C(=O)N[C@@H](Cc2ccc(O)cc2Cc2ccccc2)C(=O)O)oc2ccc(-c3ccc(Cl)cc3)cc12. The molecule has 0 aliphatic carbocycles. The van der Waals surface area contributed by atoms with E-state index in [2.05, 4.69) is 5.32 Å². The van der Waals surface area contributed by atoms with Gasteiger partial charge in [-0.1, -0.05) is 66.2 Å². The summed E-state index contributed by atoms with van der Waals surface area (Å²) in [5.74, 6) is -1.61. The third-order valence-electron chi connectivity index (χ3n) is 6.77. The molecule has 0 unspecified atom stereocenters. The highest BCUT2D eigenvalue weighted by molar-refractivity contribution is 6.30. The molecule has 5 aromatic rings. The summed E-state index contributed by atoms with van der Waals surface area (Å²) in [6.45, 7) is 1.78. The van der Waals surface area contributed by atoms with Crippen molar-refractivity contribution in [2.75, 3.05) is 0 Å². The van der Waals surface area contributed by atoms with Crippen LogP contribution in [0.5, 0.6) is 5.75 Å². The Kier molecular flexibility index (Phi) is 7.39. The van der Waals surface area contributed by atoms with E-state index >= 15 is 0 Å². The summed E-state index contributed by atoms with van der Waals surface area (Å²) in [5.41, 5.74) is 5.60. The number of aliphatic carboxylic acids is 1. The molecule has 1 heterocycles. The molecule has 0 saturated carbocycles. The topological polar surface area (TPSA) is 99.8 Å². The minimum Gasteiger partial charge on any atom is -0.508 e. The van der Waals surface area contributed by atoms with E-state index in [0.29, 0.717) is 22.6 Å². The molecule has 39 heavy (non-hydrogen) atoms. The number of amides is 1. The molecule has 0 spiro atoms. The Hall–Kier alpha value is -4.55. The number of furan rings is 1. The van der Waals surface area contributed by atoms with E-state index in [0.717, 1.165) is 33.2 Å². The van der Waals surface area contributed by atoms with Crippen molar-refractivity contribution >= 4 is 34.4 Å². The molecule has 5 rings (SSSR count). The van der Waals surface area contributed by atoms with Crippen LogP contribution in [0.15, 0.2) is 95.4 Å². The number of rotatable bonds is 8. The number of phenols is 1. The molecule has 0 aliphatic rings. The summed E-state index contributed by atoms with van der Waals surface area (Å²) < 4.78 is 5.86. The average molecular weight is 540 g/mol. The predicted molar refractivity (Wildman–Crippen MR) is 151 cm³/mol. The first-order chi connectivity index (χ1) is 18.8. The van der Waals surface area contributed by atoms with Crippen LogP contribution in [-0.2, 0) is 17.6 Å². The monoisotopic (exact) mass is 539 g/mol. The number of carbonyl (C=O) groups is 2. The molecule has 0 bridgehead atoms. The van der Waals surface area contributed by atoms with E-state index in [-0.39, 0.29) is 17.9 Å². The molecule has 0 fully saturated rings. The zero-order valence-corrected chi connectivity index (χ0v) is 21.9. The lowest BCUT2D eigenvalue weighted by Crippen LogP contribution is -2.42. The number of benzene rings is 4. The van der Waals surface area contributed by atoms with Crippen LogP contribution in [0.4, 0.5) is 0 Å². The first-order valence-electron chi connectivity index (χ1n) is 12.5. The smallest absolute Gasteiger partial charge is 0.326 e. The van der Waals surface area contributed by atoms with Crippen LogP contribution in [0.2, 0.25) is 5.02 Å². The molecule has 7 heteroatoms. The Labute approximate surface area is 230 Å². The standard InChI is InChI=1S/C32H26ClNO5/c1-19-27-17-22(21-7-11-25(33)12-8-21)10-14-29(27)39-30(19)31(36)34-28(32(37)38)18-23-9-13-26(35)16-24(23)15-20-5-3-2-4-6-20/h2-14,16-17,28,35H,15,18H2,1H3,(H,34,36)(H,37,38)/t28-/m0/s1. The van der Waals surface area contributed by atoms with E-state index in [4.69, 9.17) is 16.0 Å². The normalized spacial score (nSPS) is 11.8. The van der Waals surface area contributed by atoms with Gasteiger partial charge >= 0.3 is 5.97 Å². The van der Waals surface area contributed by atoms with Crippen molar-refractivity contribution in [2.45, 2.75) is 25.8 Å². The van der Waals surface area contributed by atoms with E-state index in [1.165, 1.54) is 6.07 Å². The molecule has 0 radical (unpaired) electrons. The van der Waals surface area contributed by atoms with Gasteiger partial charge in [0.2, 0.25) is 0 Å². The second-order valence-corrected chi connectivity index (χ2v) is 9.89. The van der Waals surface area contributed by atoms with Crippen molar-refractivity contribution < 1.29 is 24.2 Å². The quantitative estimate of drug-likeness (QED) is 0.202. The highest BCUT2D eigenvalue weighted by atomic mass is 35.5. The second-order valence-electron chi connectivity index (χ2n) is 9.46. The average Bonchev–Trinajstić information content (AvgIpc) is 3.26. The number of carboxylic acids is 1. The third kappa shape index (κ3) is 5.81. The van der Waals surface area contributed by atoms with Gasteiger partial charge in [-0.3, -0.25) is 4.79 Å². The number of aromatic hydroxyl groups is 1. The van der Waals surface area contributed by atoms with Crippen LogP contribution >= 0.6 is 11.6 Å². The highest BCUT2D eigenvalue weighted by Crippen LogP contribution is 2.31. The van der Waals surface area contributed by atoms with Gasteiger partial charge in [-0.2, -0.15) is 0 Å². The van der Waals surface area contributed by atoms with Crippen LogP contribution in [0, 0.1) is 6.92 Å². The Morgan fingerprint density at radius 3 is 2.33 bits per heavy atom. The zero-order valence-electron chi connectivity index (χ0n) is 21.1. The summed E-state index contributed by atoms with van der Waals surface area (Å²) in [4.78, 5) is 25.4. The van der Waals surface area contributed by atoms with Crippen LogP contribution < -0.4 is 5.32 Å². The van der Waals surface area contributed by atoms with Crippen LogP contribution in [0.25, 0.3) is 22.1 Å². The van der Waals surface area contributed by atoms with Crippen molar-refractivity contribution in [1.29, 1.82) is 0 Å². The van der Waals surface area contributed by atoms with E-state index in [1.807, 2.05) is 66.7 Å². The van der Waals surface area contributed by atoms with Gasteiger partial charge in [-0.25, -0.2) is 4.79 Å². The molecule has 6 nitrogen and oxygen atoms in total. The molecule has 1 aromatic heterocycles. The second kappa shape index (κ2) is 11.1. The maximum atomic E-state index is 13.2. The van der Waals surface area contributed by atoms with Crippen LogP contribution in [-0.4, -0.2) is 28.1 Å². The van der Waals surface area contributed by atoms with Crippen molar-refractivity contribution in [1.82, 2.24) is 5.32 Å². The Balaban J connectivity index is 1.39. The number of fused-ring (bicyclic) bond motifs is 1. The maximum Gasteiger partial charge on any atom is 0.326 e. The van der Waals surface area contributed by atoms with Crippen molar-refractivity contribution in [3.05, 3.63) is 124 Å². The van der Waals surface area contributed by atoms with Gasteiger partial charge in [0.1, 0.15) is 17.4 Å². The summed E-state index contributed by atoms with van der Waals surface area (Å²) in [7, 11) is 0. The highest BCUT2D eigenvalue weighted by Gasteiger charge is 2.26. The summed E-state index contributed by atoms with van der Waals surface area (Å²) in [6, 6.07) is 26.4. The van der Waals surface area contributed by atoms with Crippen molar-refractivity contribution in [3.63, 3.8) is 0 Å². The fourth-order valence-electron chi connectivity index (χ4n) is 4.69. The summed E-state index contributed by atoms with van der Waals surface area (Å²) in [5, 5.41) is 24.0. The molecule has 1 atom stereocenters. The van der Waals surface area contributed by atoms with Gasteiger partial charge in [-0.15, -0.1) is 0 Å². The Bertz CT molecular complexity index is 1660. The largest absolute Gasteiger partial charge is 0.508 e. The van der Waals surface area contributed by atoms with Crippen LogP contribution in [0.3, 0.4) is 0 Å². The predicted octanol–water partition coefficient (Wildman–Crippen LogP) is 6.78. The van der Waals surface area contributed by atoms with E-state index in [1.54, 1.807) is 25.1 Å². The van der Waals surface area contributed by atoms with E-state index < -0.39 is 17.9 Å². The van der Waals surface area contributed by atoms with Gasteiger partial charge in [0.25, 0.3) is 5.91 Å². The lowest BCUT2D eigenvalue weighted by atomic mass is 9.95. The van der Waals surface area contributed by atoms with Gasteiger partial charge in [-0.05, 0) is 77.6 Å². The lowest BCUT2D eigenvalue weighted by Gasteiger charge is -2.17. The first-order valence-corrected chi connectivity index (χ1v) is 12.8. The lowest BCUT2D eigenvalue weighted by molar-refractivity contribution is -0.139. The van der Waals surface area contributed by atoms with Crippen LogP contribution in [0.1, 0.15) is 32.8 Å². The third-order valence-corrected chi connectivity index (χ3v) is 7.03. The molecule has 196 valence electrons. The molecule has 4 aromatic carbocycles. The number of hydrogen-bond acceptors (Lipinski definition) is 4. The number of nitrogens with one attached hydrogen (secondary N) is 1. The van der Waals surface area contributed by atoms with Crippen molar-refractivity contribution in [2.24, 2.45) is 0 Å². The number of aryl methyl sites for hydroxylation is 1. The van der Waals surface area contributed by atoms with Gasteiger partial charge in [0, 0.05) is 22.4 Å². The Morgan fingerprint density at radius 1 is 0.897 bits per heavy atom. The molecule has 3 N–H and O–H groups in total. The summed E-state index contributed by atoms with van der Waals surface area (Å²) in [6.07, 6.45) is 0.563. The molecular formula is C32H26ClNO5. The number of halogens is 1.